The van der Waals surface area contributed by atoms with Gasteiger partial charge in [0.25, 0.3) is 0 Å². The molecule has 2 aromatic rings. The predicted octanol–water partition coefficient (Wildman–Crippen LogP) is 5.71. The van der Waals surface area contributed by atoms with Crippen LogP contribution in [-0.4, -0.2) is 66.3 Å². The van der Waals surface area contributed by atoms with Crippen LogP contribution < -0.4 is 9.47 Å². The van der Waals surface area contributed by atoms with Crippen molar-refractivity contribution < 1.29 is 14.6 Å². The van der Waals surface area contributed by atoms with Gasteiger partial charge in [-0.15, -0.1) is 11.6 Å². The molecule has 1 heterocycles. The Balaban J connectivity index is 1.57. The maximum Gasteiger partial charge on any atom is 0.137 e. The molecule has 0 aromatic heterocycles. The standard InChI is InChI=1S/C26H35Cl2NO3S/c1-19(15-27)17-32-25-9-6-21(14-24(25)28)26(2,3)20-4-7-23(8-5-20)31-18-22(30)16-29-10-12-33-13-11-29/h4-9,14,19,22,30H,10-13,15-18H2,1-3H3/t19-,22-/m0/s1. The molecule has 2 atom stereocenters. The lowest BCUT2D eigenvalue weighted by Gasteiger charge is -2.28. The highest BCUT2D eigenvalue weighted by Gasteiger charge is 2.24. The third kappa shape index (κ3) is 7.69. The van der Waals surface area contributed by atoms with E-state index >= 15 is 0 Å². The zero-order valence-electron chi connectivity index (χ0n) is 19.7. The van der Waals surface area contributed by atoms with Crippen molar-refractivity contribution in [1.29, 1.82) is 0 Å². The van der Waals surface area contributed by atoms with Crippen LogP contribution in [0.15, 0.2) is 42.5 Å². The summed E-state index contributed by atoms with van der Waals surface area (Å²) in [4.78, 5) is 2.30. The van der Waals surface area contributed by atoms with Crippen molar-refractivity contribution in [1.82, 2.24) is 4.90 Å². The molecular formula is C26H35Cl2NO3S. The maximum absolute atomic E-state index is 10.3. The van der Waals surface area contributed by atoms with Gasteiger partial charge in [0.1, 0.15) is 24.2 Å². The molecule has 0 saturated carbocycles. The van der Waals surface area contributed by atoms with E-state index in [4.69, 9.17) is 32.7 Å². The molecule has 0 aliphatic carbocycles. The molecule has 7 heteroatoms. The van der Waals surface area contributed by atoms with Crippen molar-refractivity contribution in [3.63, 3.8) is 0 Å². The Kier molecular flexibility index (Phi) is 10.1. The minimum absolute atomic E-state index is 0.240. The van der Waals surface area contributed by atoms with Crippen LogP contribution in [0.5, 0.6) is 11.5 Å². The van der Waals surface area contributed by atoms with E-state index in [1.165, 1.54) is 0 Å². The summed E-state index contributed by atoms with van der Waals surface area (Å²) < 4.78 is 11.7. The second-order valence-electron chi connectivity index (χ2n) is 9.24. The molecule has 1 aliphatic heterocycles. The van der Waals surface area contributed by atoms with Gasteiger partial charge in [-0.05, 0) is 35.4 Å². The first-order valence-electron chi connectivity index (χ1n) is 11.5. The molecule has 0 bridgehead atoms. The van der Waals surface area contributed by atoms with Gasteiger partial charge in [0, 0.05) is 48.4 Å². The molecule has 0 radical (unpaired) electrons. The van der Waals surface area contributed by atoms with Gasteiger partial charge in [-0.1, -0.05) is 50.6 Å². The minimum Gasteiger partial charge on any atom is -0.492 e. The average molecular weight is 513 g/mol. The second-order valence-corrected chi connectivity index (χ2v) is 11.2. The van der Waals surface area contributed by atoms with E-state index in [0.29, 0.717) is 36.4 Å². The van der Waals surface area contributed by atoms with Crippen LogP contribution in [0, 0.1) is 5.92 Å². The van der Waals surface area contributed by atoms with Crippen molar-refractivity contribution in [2.75, 3.05) is 50.2 Å². The van der Waals surface area contributed by atoms with Crippen LogP contribution in [0.2, 0.25) is 5.02 Å². The molecule has 1 aliphatic rings. The topological polar surface area (TPSA) is 41.9 Å². The van der Waals surface area contributed by atoms with E-state index in [-0.39, 0.29) is 11.3 Å². The van der Waals surface area contributed by atoms with Gasteiger partial charge in [0.15, 0.2) is 0 Å². The molecule has 33 heavy (non-hydrogen) atoms. The number of aliphatic hydroxyl groups is 1. The zero-order valence-corrected chi connectivity index (χ0v) is 22.1. The number of nitrogens with zero attached hydrogens (tertiary/aromatic N) is 1. The lowest BCUT2D eigenvalue weighted by molar-refractivity contribution is 0.0715. The first kappa shape index (κ1) is 26.5. The molecule has 0 spiro atoms. The third-order valence-electron chi connectivity index (χ3n) is 6.03. The van der Waals surface area contributed by atoms with Crippen molar-refractivity contribution in [3.8, 4) is 11.5 Å². The van der Waals surface area contributed by atoms with E-state index in [0.717, 1.165) is 41.5 Å². The summed E-state index contributed by atoms with van der Waals surface area (Å²) in [7, 11) is 0. The van der Waals surface area contributed by atoms with Gasteiger partial charge < -0.3 is 14.6 Å². The van der Waals surface area contributed by atoms with Crippen molar-refractivity contribution >= 4 is 35.0 Å². The number of halogens is 2. The van der Waals surface area contributed by atoms with Gasteiger partial charge in [-0.25, -0.2) is 0 Å². The van der Waals surface area contributed by atoms with Gasteiger partial charge in [-0.3, -0.25) is 4.90 Å². The fourth-order valence-electron chi connectivity index (χ4n) is 3.74. The molecule has 3 rings (SSSR count). The number of thioether (sulfide) groups is 1. The van der Waals surface area contributed by atoms with Crippen LogP contribution >= 0.6 is 35.0 Å². The minimum atomic E-state index is -0.487. The highest BCUT2D eigenvalue weighted by Crippen LogP contribution is 2.36. The number of β-amino-alcohol motifs (C(OH)–C–C–N with tert-alkyl or cyclic N) is 1. The molecule has 1 fully saturated rings. The number of rotatable bonds is 11. The number of hydrogen-bond acceptors (Lipinski definition) is 5. The summed E-state index contributed by atoms with van der Waals surface area (Å²) in [6.07, 6.45) is -0.487. The summed E-state index contributed by atoms with van der Waals surface area (Å²) in [5.41, 5.74) is 2.02. The van der Waals surface area contributed by atoms with E-state index in [2.05, 4.69) is 36.9 Å². The predicted molar refractivity (Wildman–Crippen MR) is 141 cm³/mol. The Morgan fingerprint density at radius 2 is 1.70 bits per heavy atom. The molecule has 4 nitrogen and oxygen atoms in total. The third-order valence-corrected chi connectivity index (χ3v) is 7.80. The average Bonchev–Trinajstić information content (AvgIpc) is 2.82. The highest BCUT2D eigenvalue weighted by atomic mass is 35.5. The SMILES string of the molecule is C[C@@H](CCl)COc1ccc(C(C)(C)c2ccc(OC[C@@H](O)CN3CCSCC3)cc2)cc1Cl. The Bertz CT molecular complexity index is 872. The van der Waals surface area contributed by atoms with Crippen molar-refractivity contribution in [2.24, 2.45) is 5.92 Å². The normalized spacial score (nSPS) is 16.9. The Morgan fingerprint density at radius 3 is 2.33 bits per heavy atom. The molecule has 182 valence electrons. The number of ether oxygens (including phenoxy) is 2. The summed E-state index contributed by atoms with van der Waals surface area (Å²) >= 11 is 14.3. The van der Waals surface area contributed by atoms with Crippen LogP contribution in [0.4, 0.5) is 0 Å². The number of alkyl halides is 1. The van der Waals surface area contributed by atoms with Crippen molar-refractivity contribution in [3.05, 3.63) is 58.6 Å². The summed E-state index contributed by atoms with van der Waals surface area (Å²) in [5.74, 6) is 4.54. The fourth-order valence-corrected chi connectivity index (χ4v) is 5.05. The molecular weight excluding hydrogens is 477 g/mol. The van der Waals surface area contributed by atoms with E-state index in [1.807, 2.05) is 43.0 Å². The van der Waals surface area contributed by atoms with Crippen LogP contribution in [-0.2, 0) is 5.41 Å². The first-order valence-corrected chi connectivity index (χ1v) is 13.6. The molecule has 1 saturated heterocycles. The second kappa shape index (κ2) is 12.6. The van der Waals surface area contributed by atoms with Gasteiger partial charge in [0.2, 0.25) is 0 Å². The Morgan fingerprint density at radius 1 is 1.03 bits per heavy atom. The number of hydrogen-bond donors (Lipinski definition) is 1. The van der Waals surface area contributed by atoms with E-state index in [1.54, 1.807) is 0 Å². The molecule has 2 aromatic carbocycles. The zero-order chi connectivity index (χ0) is 23.8. The van der Waals surface area contributed by atoms with Gasteiger partial charge in [0.05, 0.1) is 11.6 Å². The molecule has 1 N–H and O–H groups in total. The first-order chi connectivity index (χ1) is 15.8. The number of aliphatic hydroxyl groups excluding tert-OH is 1. The van der Waals surface area contributed by atoms with E-state index in [9.17, 15) is 5.11 Å². The summed E-state index contributed by atoms with van der Waals surface area (Å²) in [6.45, 7) is 9.96. The van der Waals surface area contributed by atoms with Crippen LogP contribution in [0.25, 0.3) is 0 Å². The lowest BCUT2D eigenvalue weighted by atomic mass is 9.78. The van der Waals surface area contributed by atoms with E-state index < -0.39 is 6.10 Å². The van der Waals surface area contributed by atoms with Crippen LogP contribution in [0.3, 0.4) is 0 Å². The smallest absolute Gasteiger partial charge is 0.137 e. The maximum atomic E-state index is 10.3. The van der Waals surface area contributed by atoms with Crippen molar-refractivity contribution in [2.45, 2.75) is 32.3 Å². The summed E-state index contributed by atoms with van der Waals surface area (Å²) in [6, 6.07) is 14.0. The quantitative estimate of drug-likeness (QED) is 0.391. The van der Waals surface area contributed by atoms with Gasteiger partial charge >= 0.3 is 0 Å². The highest BCUT2D eigenvalue weighted by molar-refractivity contribution is 7.99. The largest absolute Gasteiger partial charge is 0.492 e. The van der Waals surface area contributed by atoms with Gasteiger partial charge in [-0.2, -0.15) is 11.8 Å². The number of benzene rings is 2. The Labute approximate surface area is 212 Å². The molecule has 0 amide bonds. The van der Waals surface area contributed by atoms with Crippen LogP contribution in [0.1, 0.15) is 31.9 Å². The molecule has 0 unspecified atom stereocenters. The Hall–Kier alpha value is -1.11. The summed E-state index contributed by atoms with van der Waals surface area (Å²) in [5, 5.41) is 10.9. The monoisotopic (exact) mass is 511 g/mol. The fraction of sp³-hybridized carbons (Fsp3) is 0.538. The lowest BCUT2D eigenvalue weighted by Crippen LogP contribution is -2.40.